The summed E-state index contributed by atoms with van der Waals surface area (Å²) in [6.07, 6.45) is -0.199. The van der Waals surface area contributed by atoms with Gasteiger partial charge in [0.05, 0.1) is 29.8 Å². The molecule has 1 fully saturated rings. The number of carbonyl (C=O) groups excluding carboxylic acids is 3. The van der Waals surface area contributed by atoms with Gasteiger partial charge in [-0.1, -0.05) is 54.6 Å². The molecule has 11 heteroatoms. The van der Waals surface area contributed by atoms with E-state index < -0.39 is 47.9 Å². The Balaban J connectivity index is 1.38. The van der Waals surface area contributed by atoms with Crippen LogP contribution in [0.5, 0.6) is 0 Å². The van der Waals surface area contributed by atoms with E-state index in [1.165, 1.54) is 12.5 Å². The minimum absolute atomic E-state index is 0.0785. The number of aliphatic imine (C=N–C) groups is 1. The molecule has 3 aromatic carbocycles. The van der Waals surface area contributed by atoms with Gasteiger partial charge in [-0.15, -0.1) is 0 Å². The van der Waals surface area contributed by atoms with Gasteiger partial charge < -0.3 is 25.8 Å². The van der Waals surface area contributed by atoms with Crippen molar-refractivity contribution in [1.29, 1.82) is 0 Å². The number of benzene rings is 3. The van der Waals surface area contributed by atoms with Crippen LogP contribution in [-0.2, 0) is 9.47 Å². The molecule has 216 valence electrons. The number of esters is 2. The van der Waals surface area contributed by atoms with Crippen LogP contribution >= 0.6 is 0 Å². The van der Waals surface area contributed by atoms with Crippen molar-refractivity contribution in [3.8, 4) is 0 Å². The normalized spacial score (nSPS) is 24.6. The van der Waals surface area contributed by atoms with Gasteiger partial charge in [0, 0.05) is 23.7 Å². The first-order valence-electron chi connectivity index (χ1n) is 13.4. The molecule has 1 saturated carbocycles. The summed E-state index contributed by atoms with van der Waals surface area (Å²) in [5, 5.41) is 8.58. The Morgan fingerprint density at radius 3 is 2.07 bits per heavy atom. The number of nitrogens with zero attached hydrogens (tertiary/aromatic N) is 1. The van der Waals surface area contributed by atoms with E-state index in [4.69, 9.17) is 15.2 Å². The second-order valence-corrected chi connectivity index (χ2v) is 9.95. The topological polar surface area (TPSA) is 144 Å². The fraction of sp³-hybridized carbons (Fsp3) is 0.226. The monoisotopic (exact) mass is 571 g/mol. The third-order valence-electron chi connectivity index (χ3n) is 7.12. The first kappa shape index (κ1) is 28.5. The number of rotatable bonds is 9. The van der Waals surface area contributed by atoms with E-state index in [0.717, 1.165) is 0 Å². The highest BCUT2D eigenvalue weighted by atomic mass is 19.1. The van der Waals surface area contributed by atoms with Gasteiger partial charge in [0.25, 0.3) is 5.91 Å². The lowest BCUT2D eigenvalue weighted by Crippen LogP contribution is -2.65. The van der Waals surface area contributed by atoms with E-state index in [1.807, 2.05) is 0 Å². The SMILES string of the molecule is NC1=CNC=NC1(NC(=O)c1ccccc1)N[C@@H]1C[C@H](COC(=O)c2ccccc2)[C@@H](OC(=O)c2ccccc2)[C@@H]1F. The first-order chi connectivity index (χ1) is 20.4. The van der Waals surface area contributed by atoms with Crippen LogP contribution in [0, 0.1) is 5.92 Å². The van der Waals surface area contributed by atoms with Crippen LogP contribution in [0.4, 0.5) is 4.39 Å². The number of alkyl halides is 1. The molecular formula is C31H30FN5O5. The summed E-state index contributed by atoms with van der Waals surface area (Å²) in [6, 6.07) is 24.0. The summed E-state index contributed by atoms with van der Waals surface area (Å²) >= 11 is 0. The van der Waals surface area contributed by atoms with Crippen molar-refractivity contribution in [2.24, 2.45) is 16.6 Å². The van der Waals surface area contributed by atoms with Crippen molar-refractivity contribution in [2.75, 3.05) is 6.61 Å². The van der Waals surface area contributed by atoms with E-state index in [9.17, 15) is 14.4 Å². The Morgan fingerprint density at radius 1 is 0.905 bits per heavy atom. The summed E-state index contributed by atoms with van der Waals surface area (Å²) in [5.74, 6) is -4.20. The maximum Gasteiger partial charge on any atom is 0.338 e. The molecule has 2 aliphatic rings. The Bertz CT molecular complexity index is 1470. The first-order valence-corrected chi connectivity index (χ1v) is 13.4. The molecule has 3 aromatic rings. The molecule has 1 unspecified atom stereocenters. The van der Waals surface area contributed by atoms with Crippen molar-refractivity contribution in [3.63, 3.8) is 0 Å². The summed E-state index contributed by atoms with van der Waals surface area (Å²) in [7, 11) is 0. The standard InChI is InChI=1S/C31H30FN5O5/c32-26-24(36-31(25(33)17-34-19-35-31)37-28(38)20-10-4-1-5-11-20)16-23(18-41-29(39)21-12-6-2-7-13-21)27(26)42-30(40)22-14-8-3-9-15-22/h1-15,17,19,23-24,26-27,36H,16,18,33H2,(H,34,35)(H,37,38)/t23-,24-,26-,27-,31?/m1/s1. The van der Waals surface area contributed by atoms with Gasteiger partial charge in [-0.2, -0.15) is 0 Å². The number of nitrogens with two attached hydrogens (primary N) is 1. The van der Waals surface area contributed by atoms with E-state index in [1.54, 1.807) is 91.0 Å². The van der Waals surface area contributed by atoms with E-state index in [2.05, 4.69) is 20.9 Å². The third-order valence-corrected chi connectivity index (χ3v) is 7.12. The molecule has 1 amide bonds. The lowest BCUT2D eigenvalue weighted by molar-refractivity contribution is -0.0146. The molecule has 10 nitrogen and oxygen atoms in total. The van der Waals surface area contributed by atoms with Crippen LogP contribution in [0.3, 0.4) is 0 Å². The van der Waals surface area contributed by atoms with Gasteiger partial charge in [-0.3, -0.25) is 10.1 Å². The number of halogens is 1. The van der Waals surface area contributed by atoms with Gasteiger partial charge in [0.1, 0.15) is 6.10 Å². The van der Waals surface area contributed by atoms with Crippen molar-refractivity contribution in [3.05, 3.63) is 120 Å². The second-order valence-electron chi connectivity index (χ2n) is 9.95. The summed E-state index contributed by atoms with van der Waals surface area (Å²) < 4.78 is 27.4. The summed E-state index contributed by atoms with van der Waals surface area (Å²) in [4.78, 5) is 43.0. The number of hydrogen-bond donors (Lipinski definition) is 4. The Morgan fingerprint density at radius 2 is 1.48 bits per heavy atom. The molecule has 0 bridgehead atoms. The van der Waals surface area contributed by atoms with Gasteiger partial charge in [0.15, 0.2) is 6.17 Å². The largest absolute Gasteiger partial charge is 0.462 e. The average molecular weight is 572 g/mol. The second kappa shape index (κ2) is 12.6. The maximum atomic E-state index is 16.2. The Kier molecular flexibility index (Phi) is 8.58. The molecule has 1 heterocycles. The van der Waals surface area contributed by atoms with Gasteiger partial charge >= 0.3 is 11.9 Å². The van der Waals surface area contributed by atoms with Crippen molar-refractivity contribution in [2.45, 2.75) is 30.5 Å². The van der Waals surface area contributed by atoms with Crippen LogP contribution < -0.4 is 21.7 Å². The molecule has 0 radical (unpaired) electrons. The van der Waals surface area contributed by atoms with Crippen molar-refractivity contribution in [1.82, 2.24) is 16.0 Å². The van der Waals surface area contributed by atoms with Crippen molar-refractivity contribution < 1.29 is 28.2 Å². The predicted molar refractivity (Wildman–Crippen MR) is 153 cm³/mol. The quantitative estimate of drug-likeness (QED) is 0.227. The molecule has 42 heavy (non-hydrogen) atoms. The Labute approximate surface area is 241 Å². The van der Waals surface area contributed by atoms with Crippen LogP contribution in [0.15, 0.2) is 108 Å². The van der Waals surface area contributed by atoms with Crippen LogP contribution in [0.25, 0.3) is 0 Å². The predicted octanol–water partition coefficient (Wildman–Crippen LogP) is 2.90. The van der Waals surface area contributed by atoms with Gasteiger partial charge in [0.2, 0.25) is 5.79 Å². The van der Waals surface area contributed by atoms with Crippen LogP contribution in [0.2, 0.25) is 0 Å². The highest BCUT2D eigenvalue weighted by molar-refractivity contribution is 5.95. The fourth-order valence-electron chi connectivity index (χ4n) is 4.94. The molecule has 0 spiro atoms. The van der Waals surface area contributed by atoms with E-state index >= 15 is 4.39 Å². The maximum absolute atomic E-state index is 16.2. The Hall–Kier alpha value is -5.03. The average Bonchev–Trinajstić information content (AvgIpc) is 3.31. The third kappa shape index (κ3) is 6.31. The highest BCUT2D eigenvalue weighted by Crippen LogP contribution is 2.34. The molecule has 5 rings (SSSR count). The number of carbonyl (C=O) groups is 3. The molecule has 0 aromatic heterocycles. The lowest BCUT2D eigenvalue weighted by Gasteiger charge is -2.36. The molecule has 0 saturated heterocycles. The minimum Gasteiger partial charge on any atom is -0.462 e. The molecule has 5 N–H and O–H groups in total. The highest BCUT2D eigenvalue weighted by Gasteiger charge is 2.51. The number of ether oxygens (including phenoxy) is 2. The number of nitrogens with one attached hydrogen (secondary N) is 3. The van der Waals surface area contributed by atoms with E-state index in [-0.39, 0.29) is 24.3 Å². The van der Waals surface area contributed by atoms with Crippen molar-refractivity contribution >= 4 is 24.2 Å². The van der Waals surface area contributed by atoms with Gasteiger partial charge in [-0.05, 0) is 42.8 Å². The molecule has 1 aliphatic carbocycles. The zero-order valence-corrected chi connectivity index (χ0v) is 22.5. The zero-order chi connectivity index (χ0) is 29.5. The summed E-state index contributed by atoms with van der Waals surface area (Å²) in [5.41, 5.74) is 7.31. The van der Waals surface area contributed by atoms with Gasteiger partial charge in [-0.25, -0.2) is 19.0 Å². The lowest BCUT2D eigenvalue weighted by atomic mass is 10.1. The fourth-order valence-corrected chi connectivity index (χ4v) is 4.94. The number of amides is 1. The van der Waals surface area contributed by atoms with E-state index in [0.29, 0.717) is 11.1 Å². The van der Waals surface area contributed by atoms with Crippen LogP contribution in [0.1, 0.15) is 37.5 Å². The van der Waals surface area contributed by atoms with Crippen LogP contribution in [-0.4, -0.2) is 54.9 Å². The molecule has 5 atom stereocenters. The minimum atomic E-state index is -1.76. The number of hydrogen-bond acceptors (Lipinski definition) is 9. The molecular weight excluding hydrogens is 541 g/mol. The molecule has 1 aliphatic heterocycles. The zero-order valence-electron chi connectivity index (χ0n) is 22.5. The summed E-state index contributed by atoms with van der Waals surface area (Å²) in [6.45, 7) is -0.210. The smallest absolute Gasteiger partial charge is 0.338 e.